The number of benzene rings is 2. The first kappa shape index (κ1) is 21.4. The lowest BCUT2D eigenvalue weighted by Crippen LogP contribution is -2.27. The van der Waals surface area contributed by atoms with Gasteiger partial charge in [0.05, 0.1) is 11.5 Å². The van der Waals surface area contributed by atoms with Crippen LogP contribution < -0.4 is 9.47 Å². The summed E-state index contributed by atoms with van der Waals surface area (Å²) in [5.74, 6) is 0.349. The van der Waals surface area contributed by atoms with Crippen LogP contribution in [0, 0.1) is 5.82 Å². The number of ether oxygens (including phenoxy) is 2. The zero-order chi connectivity index (χ0) is 21.0. The standard InChI is InChI=1S/C21H19BrFNO4S/c1-3-24-20(25)19(29-21(24)26)10-14-9-17(27-4-2)18(11-16(14)22)28-12-13-6-5-7-15(23)8-13/h5-11H,3-4,12H2,1-2H3. The number of carbonyl (C=O) groups excluding carboxylic acids is 2. The van der Waals surface area contributed by atoms with Crippen molar-refractivity contribution in [2.24, 2.45) is 0 Å². The summed E-state index contributed by atoms with van der Waals surface area (Å²) in [5.41, 5.74) is 1.38. The summed E-state index contributed by atoms with van der Waals surface area (Å²) in [6.07, 6.45) is 1.66. The Hall–Kier alpha value is -2.32. The number of hydrogen-bond acceptors (Lipinski definition) is 5. The van der Waals surface area contributed by atoms with Crippen LogP contribution >= 0.6 is 27.7 Å². The van der Waals surface area contributed by atoms with Crippen LogP contribution in [-0.4, -0.2) is 29.2 Å². The molecule has 1 saturated heterocycles. The number of thioether (sulfide) groups is 1. The molecule has 2 aromatic rings. The third kappa shape index (κ3) is 5.00. The molecule has 0 spiro atoms. The molecule has 0 atom stereocenters. The van der Waals surface area contributed by atoms with Crippen LogP contribution in [0.1, 0.15) is 25.0 Å². The van der Waals surface area contributed by atoms with E-state index >= 15 is 0 Å². The second-order valence-electron chi connectivity index (χ2n) is 6.10. The van der Waals surface area contributed by atoms with E-state index in [0.717, 1.165) is 11.8 Å². The van der Waals surface area contributed by atoms with Gasteiger partial charge >= 0.3 is 0 Å². The number of amides is 2. The molecule has 0 radical (unpaired) electrons. The summed E-state index contributed by atoms with van der Waals surface area (Å²) in [6.45, 7) is 4.54. The van der Waals surface area contributed by atoms with E-state index in [4.69, 9.17) is 9.47 Å². The molecule has 1 fully saturated rings. The van der Waals surface area contributed by atoms with Gasteiger partial charge in [-0.05, 0) is 67.1 Å². The molecule has 2 aromatic carbocycles. The van der Waals surface area contributed by atoms with E-state index in [1.165, 1.54) is 17.0 Å². The van der Waals surface area contributed by atoms with Gasteiger partial charge in [0.15, 0.2) is 11.5 Å². The van der Waals surface area contributed by atoms with Crippen molar-refractivity contribution < 1.29 is 23.5 Å². The number of carbonyl (C=O) groups is 2. The highest BCUT2D eigenvalue weighted by Gasteiger charge is 2.33. The smallest absolute Gasteiger partial charge is 0.293 e. The lowest BCUT2D eigenvalue weighted by atomic mass is 10.1. The molecule has 5 nitrogen and oxygen atoms in total. The molecule has 0 bridgehead atoms. The van der Waals surface area contributed by atoms with Gasteiger partial charge in [0.1, 0.15) is 12.4 Å². The Morgan fingerprint density at radius 1 is 1.14 bits per heavy atom. The van der Waals surface area contributed by atoms with Gasteiger partial charge in [-0.1, -0.05) is 28.1 Å². The molecule has 0 saturated carbocycles. The Morgan fingerprint density at radius 2 is 1.90 bits per heavy atom. The average molecular weight is 480 g/mol. The van der Waals surface area contributed by atoms with Crippen molar-refractivity contribution in [3.63, 3.8) is 0 Å². The van der Waals surface area contributed by atoms with Crippen LogP contribution in [0.5, 0.6) is 11.5 Å². The number of hydrogen-bond donors (Lipinski definition) is 0. The van der Waals surface area contributed by atoms with E-state index in [0.29, 0.717) is 45.2 Å². The Bertz CT molecular complexity index is 979. The first-order chi connectivity index (χ1) is 13.9. The molecule has 29 heavy (non-hydrogen) atoms. The second-order valence-corrected chi connectivity index (χ2v) is 7.95. The highest BCUT2D eigenvalue weighted by atomic mass is 79.9. The van der Waals surface area contributed by atoms with Crippen molar-refractivity contribution in [2.45, 2.75) is 20.5 Å². The molecular formula is C21H19BrFNO4S. The molecular weight excluding hydrogens is 461 g/mol. The average Bonchev–Trinajstić information content (AvgIpc) is 2.95. The molecule has 0 aliphatic carbocycles. The topological polar surface area (TPSA) is 55.8 Å². The van der Waals surface area contributed by atoms with Crippen molar-refractivity contribution in [1.82, 2.24) is 4.90 Å². The molecule has 8 heteroatoms. The number of halogens is 2. The fraction of sp³-hybridized carbons (Fsp3) is 0.238. The number of nitrogens with zero attached hydrogens (tertiary/aromatic N) is 1. The molecule has 1 aliphatic rings. The summed E-state index contributed by atoms with van der Waals surface area (Å²) in [7, 11) is 0. The van der Waals surface area contributed by atoms with E-state index in [2.05, 4.69) is 15.9 Å². The second kappa shape index (κ2) is 9.45. The van der Waals surface area contributed by atoms with Crippen LogP contribution in [-0.2, 0) is 11.4 Å². The summed E-state index contributed by atoms with van der Waals surface area (Å²) >= 11 is 4.40. The van der Waals surface area contributed by atoms with Gasteiger partial charge in [-0.15, -0.1) is 0 Å². The van der Waals surface area contributed by atoms with Gasteiger partial charge in [-0.3, -0.25) is 14.5 Å². The van der Waals surface area contributed by atoms with E-state index in [-0.39, 0.29) is 23.6 Å². The van der Waals surface area contributed by atoms with Crippen molar-refractivity contribution in [2.75, 3.05) is 13.2 Å². The van der Waals surface area contributed by atoms with Crippen LogP contribution in [0.4, 0.5) is 9.18 Å². The van der Waals surface area contributed by atoms with Crippen LogP contribution in [0.2, 0.25) is 0 Å². The van der Waals surface area contributed by atoms with Crippen LogP contribution in [0.3, 0.4) is 0 Å². The van der Waals surface area contributed by atoms with E-state index in [1.807, 2.05) is 6.92 Å². The van der Waals surface area contributed by atoms with Crippen molar-refractivity contribution in [3.8, 4) is 11.5 Å². The number of imide groups is 1. The fourth-order valence-electron chi connectivity index (χ4n) is 2.74. The molecule has 152 valence electrons. The predicted molar refractivity (Wildman–Crippen MR) is 114 cm³/mol. The molecule has 2 amide bonds. The predicted octanol–water partition coefficient (Wildman–Crippen LogP) is 5.62. The molecule has 1 heterocycles. The van der Waals surface area contributed by atoms with Crippen molar-refractivity contribution in [3.05, 3.63) is 62.7 Å². The van der Waals surface area contributed by atoms with Gasteiger partial charge in [0.25, 0.3) is 11.1 Å². The fourth-order valence-corrected chi connectivity index (χ4v) is 4.07. The maximum atomic E-state index is 13.4. The van der Waals surface area contributed by atoms with Gasteiger partial charge < -0.3 is 9.47 Å². The van der Waals surface area contributed by atoms with Crippen molar-refractivity contribution >= 4 is 44.9 Å². The van der Waals surface area contributed by atoms with Gasteiger partial charge in [-0.2, -0.15) is 0 Å². The van der Waals surface area contributed by atoms with Gasteiger partial charge in [-0.25, -0.2) is 4.39 Å². The lowest BCUT2D eigenvalue weighted by Gasteiger charge is -2.14. The minimum Gasteiger partial charge on any atom is -0.490 e. The Balaban J connectivity index is 1.87. The van der Waals surface area contributed by atoms with E-state index in [1.54, 1.807) is 37.3 Å². The maximum Gasteiger partial charge on any atom is 0.293 e. The normalized spacial score (nSPS) is 15.3. The van der Waals surface area contributed by atoms with Crippen molar-refractivity contribution in [1.29, 1.82) is 0 Å². The zero-order valence-corrected chi connectivity index (χ0v) is 18.3. The molecule has 0 N–H and O–H groups in total. The molecule has 0 unspecified atom stereocenters. The third-order valence-corrected chi connectivity index (χ3v) is 5.72. The number of likely N-dealkylation sites (N-methyl/N-ethyl adjacent to an activating group) is 1. The number of rotatable bonds is 7. The SMILES string of the molecule is CCOc1cc(C=C2SC(=O)N(CC)C2=O)c(Br)cc1OCc1cccc(F)c1. The van der Waals surface area contributed by atoms with Crippen LogP contribution in [0.15, 0.2) is 45.8 Å². The Morgan fingerprint density at radius 3 is 2.55 bits per heavy atom. The first-order valence-corrected chi connectivity index (χ1v) is 10.6. The monoisotopic (exact) mass is 479 g/mol. The summed E-state index contributed by atoms with van der Waals surface area (Å²) < 4.78 is 25.6. The summed E-state index contributed by atoms with van der Waals surface area (Å²) in [5, 5.41) is -0.278. The first-order valence-electron chi connectivity index (χ1n) is 9.01. The quantitative estimate of drug-likeness (QED) is 0.482. The highest BCUT2D eigenvalue weighted by Crippen LogP contribution is 2.38. The highest BCUT2D eigenvalue weighted by molar-refractivity contribution is 9.10. The largest absolute Gasteiger partial charge is 0.490 e. The molecule has 3 rings (SSSR count). The summed E-state index contributed by atoms with van der Waals surface area (Å²) in [6, 6.07) is 9.67. The Labute approximate surface area is 181 Å². The lowest BCUT2D eigenvalue weighted by molar-refractivity contribution is -0.122. The van der Waals surface area contributed by atoms with Gasteiger partial charge in [0.2, 0.25) is 0 Å². The minimum atomic E-state index is -0.325. The third-order valence-electron chi connectivity index (χ3n) is 4.12. The minimum absolute atomic E-state index is 0.180. The van der Waals surface area contributed by atoms with E-state index < -0.39 is 0 Å². The molecule has 0 aromatic heterocycles. The molecule has 1 aliphatic heterocycles. The Kier molecular flexibility index (Phi) is 6.97. The zero-order valence-electron chi connectivity index (χ0n) is 15.9. The maximum absolute atomic E-state index is 13.4. The van der Waals surface area contributed by atoms with E-state index in [9.17, 15) is 14.0 Å². The van der Waals surface area contributed by atoms with Crippen LogP contribution in [0.25, 0.3) is 6.08 Å². The summed E-state index contributed by atoms with van der Waals surface area (Å²) in [4.78, 5) is 25.8. The van der Waals surface area contributed by atoms with Gasteiger partial charge in [0, 0.05) is 11.0 Å².